The van der Waals surface area contributed by atoms with Crippen molar-refractivity contribution in [2.75, 3.05) is 26.2 Å². The van der Waals surface area contributed by atoms with Crippen LogP contribution in [0.1, 0.15) is 97.6 Å². The van der Waals surface area contributed by atoms with E-state index in [0.29, 0.717) is 50.4 Å². The standard InChI is InChI=1S/C54H52F2N2O10/c55-33-17-31(21-43(61)65-39-7-5-29-19-41-53(63)11-9-37(59)49-51(53,45(29)47(39)67-49)13-15-57(41)25-27-1-2-27)35-23-34(56)18-32(36(35)24-33)22-44(62)66-40-8-6-30-20-42-54(64)12-10-38(60)50-52(54,46(30)48(40)68-50)14-16-58(42)26-28-3-4-28/h5-8,17-18,23-24,27-28,41-42,49-50,63-64H,1-4,9-16,19-22,25-26H2/t41-,42-,49+,50+,51+,52+,53-,54-/m1/s1. The number of rotatable bonds is 10. The van der Waals surface area contributed by atoms with Crippen molar-refractivity contribution in [2.24, 2.45) is 11.8 Å². The third kappa shape index (κ3) is 5.60. The summed E-state index contributed by atoms with van der Waals surface area (Å²) in [6, 6.07) is 11.4. The zero-order valence-corrected chi connectivity index (χ0v) is 37.6. The fraction of sp³-hybridized carbons (Fsp3) is 0.519. The van der Waals surface area contributed by atoms with Gasteiger partial charge in [-0.3, -0.25) is 29.0 Å². The van der Waals surface area contributed by atoms with Crippen LogP contribution in [-0.4, -0.2) is 105 Å². The molecule has 14 heteroatoms. The number of ether oxygens (including phenoxy) is 4. The van der Waals surface area contributed by atoms with Crippen LogP contribution in [0.15, 0.2) is 48.5 Å². The Hall–Kier alpha value is -5.28. The lowest BCUT2D eigenvalue weighted by Gasteiger charge is -2.62. The predicted octanol–water partition coefficient (Wildman–Crippen LogP) is 5.68. The quantitative estimate of drug-likeness (QED) is 0.149. The summed E-state index contributed by atoms with van der Waals surface area (Å²) in [7, 11) is 0. The van der Waals surface area contributed by atoms with Crippen LogP contribution in [0.5, 0.6) is 23.0 Å². The first-order valence-electron chi connectivity index (χ1n) is 24.7. The molecular weight excluding hydrogens is 875 g/mol. The third-order valence-electron chi connectivity index (χ3n) is 18.4. The van der Waals surface area contributed by atoms with Gasteiger partial charge in [-0.15, -0.1) is 0 Å². The summed E-state index contributed by atoms with van der Waals surface area (Å²) in [5.41, 5.74) is -0.640. The second-order valence-electron chi connectivity index (χ2n) is 21.9. The minimum absolute atomic E-state index is 0.0854. The normalized spacial score (nSPS) is 33.7. The maximum atomic E-state index is 15.6. The molecule has 0 unspecified atom stereocenters. The third-order valence-corrected chi connectivity index (χ3v) is 18.4. The van der Waals surface area contributed by atoms with Gasteiger partial charge in [0.15, 0.2) is 46.8 Å². The van der Waals surface area contributed by atoms with E-state index in [1.807, 2.05) is 12.1 Å². The van der Waals surface area contributed by atoms with E-state index >= 15 is 8.78 Å². The number of hydrogen-bond donors (Lipinski definition) is 2. The topological polar surface area (TPSA) is 152 Å². The average Bonchev–Trinajstić information content (AvgIpc) is 4.23. The minimum atomic E-state index is -1.19. The molecule has 4 aromatic carbocycles. The molecule has 4 aliphatic heterocycles. The number of Topliss-reactive ketones (excluding diaryl/α,β-unsaturated/α-hetero) is 2. The lowest BCUT2D eigenvalue weighted by atomic mass is 9.49. The van der Waals surface area contributed by atoms with Gasteiger partial charge in [0.05, 0.1) is 34.9 Å². The summed E-state index contributed by atoms with van der Waals surface area (Å²) in [5, 5.41) is 25.8. The first-order valence-corrected chi connectivity index (χ1v) is 24.7. The number of likely N-dealkylation sites (tertiary alicyclic amines) is 2. The average molecular weight is 927 g/mol. The van der Waals surface area contributed by atoms with Crippen LogP contribution in [0.4, 0.5) is 8.78 Å². The van der Waals surface area contributed by atoms with E-state index in [9.17, 15) is 29.4 Å². The van der Waals surface area contributed by atoms with E-state index in [1.54, 1.807) is 12.1 Å². The fourth-order valence-electron chi connectivity index (χ4n) is 15.1. The molecule has 352 valence electrons. The van der Waals surface area contributed by atoms with Gasteiger partial charge in [0.25, 0.3) is 0 Å². The Labute approximate surface area is 390 Å². The highest BCUT2D eigenvalue weighted by Crippen LogP contribution is 2.67. The molecule has 0 aromatic heterocycles. The molecule has 4 bridgehead atoms. The van der Waals surface area contributed by atoms with Crippen molar-refractivity contribution in [1.82, 2.24) is 9.80 Å². The largest absolute Gasteiger partial charge is 0.477 e. The van der Waals surface area contributed by atoms with E-state index in [0.717, 1.165) is 60.6 Å². The maximum Gasteiger partial charge on any atom is 0.315 e. The number of hydrogen-bond acceptors (Lipinski definition) is 12. The highest BCUT2D eigenvalue weighted by atomic mass is 19.1. The van der Waals surface area contributed by atoms with E-state index in [4.69, 9.17) is 18.9 Å². The molecule has 6 fully saturated rings. The number of nitrogens with zero attached hydrogens (tertiary/aromatic N) is 2. The molecule has 12 nitrogen and oxygen atoms in total. The summed E-state index contributed by atoms with van der Waals surface area (Å²) in [6.07, 6.45) is 5.30. The Morgan fingerprint density at radius 1 is 0.632 bits per heavy atom. The van der Waals surface area contributed by atoms with Crippen molar-refractivity contribution in [3.63, 3.8) is 0 Å². The van der Waals surface area contributed by atoms with Crippen LogP contribution in [0.2, 0.25) is 0 Å². The number of fused-ring (bicyclic) bond motifs is 1. The Bertz CT molecular complexity index is 2770. The zero-order valence-electron chi connectivity index (χ0n) is 37.6. The number of ketones is 2. The summed E-state index contributed by atoms with van der Waals surface area (Å²) in [4.78, 5) is 59.9. The Balaban J connectivity index is 0.737. The molecule has 4 saturated carbocycles. The number of halogens is 2. The molecule has 0 amide bonds. The maximum absolute atomic E-state index is 15.6. The van der Waals surface area contributed by atoms with E-state index in [1.165, 1.54) is 37.8 Å². The van der Waals surface area contributed by atoms with Gasteiger partial charge in [0.2, 0.25) is 0 Å². The highest BCUT2D eigenvalue weighted by molar-refractivity contribution is 5.95. The van der Waals surface area contributed by atoms with Crippen LogP contribution in [0, 0.1) is 23.5 Å². The molecule has 4 aromatic rings. The first-order chi connectivity index (χ1) is 32.8. The van der Waals surface area contributed by atoms with Crippen molar-refractivity contribution >= 4 is 34.3 Å². The molecule has 2 saturated heterocycles. The predicted molar refractivity (Wildman–Crippen MR) is 239 cm³/mol. The van der Waals surface area contributed by atoms with Gasteiger partial charge in [-0.1, -0.05) is 12.1 Å². The van der Waals surface area contributed by atoms with Crippen molar-refractivity contribution in [2.45, 2.75) is 136 Å². The molecule has 10 aliphatic rings. The molecule has 2 spiro atoms. The van der Waals surface area contributed by atoms with Gasteiger partial charge in [-0.05, 0) is 159 Å². The lowest BCUT2D eigenvalue weighted by molar-refractivity contribution is -0.188. The number of carbonyl (C=O) groups excluding carboxylic acids is 4. The minimum Gasteiger partial charge on any atom is -0.477 e. The second kappa shape index (κ2) is 14.2. The first kappa shape index (κ1) is 41.7. The fourth-order valence-corrected chi connectivity index (χ4v) is 15.1. The van der Waals surface area contributed by atoms with Crippen LogP contribution in [0.3, 0.4) is 0 Å². The molecule has 0 radical (unpaired) electrons. The molecule has 2 N–H and O–H groups in total. The smallest absolute Gasteiger partial charge is 0.315 e. The molecule has 14 rings (SSSR count). The van der Waals surface area contributed by atoms with Gasteiger partial charge in [0.1, 0.15) is 11.6 Å². The van der Waals surface area contributed by atoms with E-state index in [-0.39, 0.29) is 81.4 Å². The SMILES string of the molecule is O=C(Cc1cc(F)cc2c(CC(=O)Oc3ccc4c5c3O[C@H]3C(=O)CC[C@@]6(O)[C@@H](C4)N(CC4CC4)CC[C@]536)cc(F)cc12)Oc1ccc2c3c1O[C@H]1C(=O)CC[C@@]4(O)[C@@H](C2)N(CC2CC2)CC[C@]314. The van der Waals surface area contributed by atoms with Crippen molar-refractivity contribution < 1.29 is 57.1 Å². The highest BCUT2D eigenvalue weighted by Gasteiger charge is 2.75. The van der Waals surface area contributed by atoms with Crippen molar-refractivity contribution in [3.8, 4) is 23.0 Å². The summed E-state index contributed by atoms with van der Waals surface area (Å²) >= 11 is 0. The molecule has 4 heterocycles. The van der Waals surface area contributed by atoms with Gasteiger partial charge in [-0.25, -0.2) is 8.78 Å². The number of aliphatic hydroxyl groups is 2. The Kier molecular flexibility index (Phi) is 8.68. The van der Waals surface area contributed by atoms with Crippen LogP contribution in [-0.2, 0) is 55.7 Å². The van der Waals surface area contributed by atoms with Crippen LogP contribution >= 0.6 is 0 Å². The van der Waals surface area contributed by atoms with Crippen molar-refractivity contribution in [3.05, 3.63) is 93.5 Å². The van der Waals surface area contributed by atoms with E-state index < -0.39 is 70.7 Å². The van der Waals surface area contributed by atoms with Crippen molar-refractivity contribution in [1.29, 1.82) is 0 Å². The molecular formula is C54H52F2N2O10. The van der Waals surface area contributed by atoms with Crippen LogP contribution in [0.25, 0.3) is 10.8 Å². The van der Waals surface area contributed by atoms with E-state index in [2.05, 4.69) is 9.80 Å². The summed E-state index contributed by atoms with van der Waals surface area (Å²) in [6.45, 7) is 3.29. The monoisotopic (exact) mass is 926 g/mol. The number of benzene rings is 4. The number of esters is 2. The molecule has 68 heavy (non-hydrogen) atoms. The summed E-state index contributed by atoms with van der Waals surface area (Å²) < 4.78 is 56.1. The molecule has 8 atom stereocenters. The zero-order chi connectivity index (χ0) is 46.2. The summed E-state index contributed by atoms with van der Waals surface area (Å²) in [5.74, 6) is -1.13. The van der Waals surface area contributed by atoms with Gasteiger partial charge in [0, 0.05) is 49.1 Å². The second-order valence-corrected chi connectivity index (χ2v) is 21.9. The molecule has 6 aliphatic carbocycles. The van der Waals surface area contributed by atoms with Gasteiger partial charge >= 0.3 is 11.9 Å². The Morgan fingerprint density at radius 3 is 1.47 bits per heavy atom. The van der Waals surface area contributed by atoms with Gasteiger partial charge < -0.3 is 29.2 Å². The number of carbonyl (C=O) groups is 4. The number of piperidine rings is 2. The lowest BCUT2D eigenvalue weighted by Crippen LogP contribution is -2.76. The van der Waals surface area contributed by atoms with Crippen LogP contribution < -0.4 is 18.9 Å². The van der Waals surface area contributed by atoms with Gasteiger partial charge in [-0.2, -0.15) is 0 Å². The Morgan fingerprint density at radius 2 is 1.06 bits per heavy atom.